The van der Waals surface area contributed by atoms with Crippen LogP contribution >= 0.6 is 0 Å². The third-order valence-corrected chi connectivity index (χ3v) is 3.57. The summed E-state index contributed by atoms with van der Waals surface area (Å²) >= 11 is 0. The lowest BCUT2D eigenvalue weighted by molar-refractivity contribution is 0.242. The third-order valence-electron chi connectivity index (χ3n) is 3.57. The van der Waals surface area contributed by atoms with Gasteiger partial charge >= 0.3 is 0 Å². The average molecular weight is 264 g/mol. The first kappa shape index (κ1) is 14.2. The monoisotopic (exact) mass is 264 g/mol. The van der Waals surface area contributed by atoms with Gasteiger partial charge in [-0.1, -0.05) is 13.8 Å². The summed E-state index contributed by atoms with van der Waals surface area (Å²) in [6, 6.07) is 0. The summed E-state index contributed by atoms with van der Waals surface area (Å²) in [5.41, 5.74) is 2.28. The molecular formula is C14H24N4O. The second-order valence-electron chi connectivity index (χ2n) is 5.24. The Kier molecular flexibility index (Phi) is 5.10. The van der Waals surface area contributed by atoms with Gasteiger partial charge in [-0.05, 0) is 12.3 Å². The van der Waals surface area contributed by atoms with Crippen LogP contribution in [-0.2, 0) is 6.42 Å². The number of rotatable bonds is 5. The van der Waals surface area contributed by atoms with Crippen LogP contribution in [0.1, 0.15) is 31.0 Å². The van der Waals surface area contributed by atoms with Crippen molar-refractivity contribution in [1.82, 2.24) is 20.2 Å². The maximum atomic E-state index is 5.39. The molecule has 5 nitrogen and oxygen atoms in total. The van der Waals surface area contributed by atoms with Gasteiger partial charge in [0.1, 0.15) is 6.33 Å². The van der Waals surface area contributed by atoms with Gasteiger partial charge in [0.15, 0.2) is 0 Å². The number of hydrogen-bond donors (Lipinski definition) is 1. The van der Waals surface area contributed by atoms with Crippen molar-refractivity contribution in [2.75, 3.05) is 39.8 Å². The van der Waals surface area contributed by atoms with Gasteiger partial charge in [-0.15, -0.1) is 0 Å². The molecule has 0 radical (unpaired) electrons. The normalized spacial score (nSPS) is 16.8. The summed E-state index contributed by atoms with van der Waals surface area (Å²) in [5, 5.41) is 3.37. The standard InChI is InChI=1S/C14H24N4O/c1-11(2)13-12(14(19-3)17-10-16-13)4-7-18-8-5-15-6-9-18/h10-11,15H,4-9H2,1-3H3. The summed E-state index contributed by atoms with van der Waals surface area (Å²) < 4.78 is 5.39. The molecule has 19 heavy (non-hydrogen) atoms. The zero-order valence-corrected chi connectivity index (χ0v) is 12.1. The van der Waals surface area contributed by atoms with E-state index in [4.69, 9.17) is 4.74 Å². The van der Waals surface area contributed by atoms with Gasteiger partial charge in [-0.3, -0.25) is 0 Å². The minimum absolute atomic E-state index is 0.398. The van der Waals surface area contributed by atoms with E-state index in [0.717, 1.165) is 50.7 Å². The van der Waals surface area contributed by atoms with Crippen molar-refractivity contribution >= 4 is 0 Å². The van der Waals surface area contributed by atoms with Crippen molar-refractivity contribution in [3.63, 3.8) is 0 Å². The van der Waals surface area contributed by atoms with Crippen LogP contribution in [0, 0.1) is 0 Å². The smallest absolute Gasteiger partial charge is 0.219 e. The van der Waals surface area contributed by atoms with Crippen LogP contribution in [0.3, 0.4) is 0 Å². The maximum absolute atomic E-state index is 5.39. The quantitative estimate of drug-likeness (QED) is 0.861. The molecular weight excluding hydrogens is 240 g/mol. The fraction of sp³-hybridized carbons (Fsp3) is 0.714. The van der Waals surface area contributed by atoms with Gasteiger partial charge in [0, 0.05) is 38.3 Å². The second-order valence-corrected chi connectivity index (χ2v) is 5.24. The van der Waals surface area contributed by atoms with E-state index in [2.05, 4.69) is 34.0 Å². The second kappa shape index (κ2) is 6.82. The Morgan fingerprint density at radius 2 is 2.05 bits per heavy atom. The zero-order valence-electron chi connectivity index (χ0n) is 12.1. The molecule has 0 atom stereocenters. The summed E-state index contributed by atoms with van der Waals surface area (Å²) in [7, 11) is 1.68. The minimum atomic E-state index is 0.398. The van der Waals surface area contributed by atoms with Gasteiger partial charge in [0.05, 0.1) is 12.8 Å². The Hall–Kier alpha value is -1.20. The lowest BCUT2D eigenvalue weighted by atomic mass is 10.0. The largest absolute Gasteiger partial charge is 0.481 e. The highest BCUT2D eigenvalue weighted by molar-refractivity contribution is 5.32. The number of nitrogens with one attached hydrogen (secondary N) is 1. The zero-order chi connectivity index (χ0) is 13.7. The topological polar surface area (TPSA) is 50.3 Å². The minimum Gasteiger partial charge on any atom is -0.481 e. The highest BCUT2D eigenvalue weighted by Crippen LogP contribution is 2.24. The summed E-state index contributed by atoms with van der Waals surface area (Å²) in [6.45, 7) is 9.77. The maximum Gasteiger partial charge on any atom is 0.219 e. The van der Waals surface area contributed by atoms with E-state index in [1.807, 2.05) is 0 Å². The van der Waals surface area contributed by atoms with Crippen LogP contribution in [0.25, 0.3) is 0 Å². The molecule has 0 aliphatic carbocycles. The fourth-order valence-corrected chi connectivity index (χ4v) is 2.52. The van der Waals surface area contributed by atoms with E-state index in [1.165, 1.54) is 5.56 Å². The van der Waals surface area contributed by atoms with Crippen molar-refractivity contribution in [2.24, 2.45) is 0 Å². The molecule has 1 aliphatic rings. The van der Waals surface area contributed by atoms with Crippen LogP contribution in [0.15, 0.2) is 6.33 Å². The average Bonchev–Trinajstić information content (AvgIpc) is 2.45. The highest BCUT2D eigenvalue weighted by Gasteiger charge is 2.16. The molecule has 2 rings (SSSR count). The van der Waals surface area contributed by atoms with Gasteiger partial charge in [0.2, 0.25) is 5.88 Å². The van der Waals surface area contributed by atoms with E-state index < -0.39 is 0 Å². The molecule has 1 aromatic heterocycles. The molecule has 0 bridgehead atoms. The van der Waals surface area contributed by atoms with Crippen LogP contribution in [0.2, 0.25) is 0 Å². The number of methoxy groups -OCH3 is 1. The predicted octanol–water partition coefficient (Wildman–Crippen LogP) is 1.06. The Balaban J connectivity index is 2.08. The fourth-order valence-electron chi connectivity index (χ4n) is 2.52. The first-order valence-corrected chi connectivity index (χ1v) is 7.03. The van der Waals surface area contributed by atoms with E-state index >= 15 is 0 Å². The first-order valence-electron chi connectivity index (χ1n) is 7.03. The summed E-state index contributed by atoms with van der Waals surface area (Å²) in [4.78, 5) is 11.1. The Morgan fingerprint density at radius 3 is 2.68 bits per heavy atom. The molecule has 0 spiro atoms. The molecule has 0 aromatic carbocycles. The van der Waals surface area contributed by atoms with E-state index in [0.29, 0.717) is 5.92 Å². The number of ether oxygens (including phenoxy) is 1. The lowest BCUT2D eigenvalue weighted by Crippen LogP contribution is -2.44. The van der Waals surface area contributed by atoms with Crippen molar-refractivity contribution in [1.29, 1.82) is 0 Å². The number of nitrogens with zero attached hydrogens (tertiary/aromatic N) is 3. The van der Waals surface area contributed by atoms with Crippen LogP contribution in [0.5, 0.6) is 5.88 Å². The van der Waals surface area contributed by atoms with Crippen LogP contribution in [0.4, 0.5) is 0 Å². The lowest BCUT2D eigenvalue weighted by Gasteiger charge is -2.27. The van der Waals surface area contributed by atoms with Crippen molar-refractivity contribution in [3.05, 3.63) is 17.6 Å². The van der Waals surface area contributed by atoms with E-state index in [9.17, 15) is 0 Å². The van der Waals surface area contributed by atoms with Crippen LogP contribution < -0.4 is 10.1 Å². The molecule has 1 saturated heterocycles. The molecule has 0 unspecified atom stereocenters. The van der Waals surface area contributed by atoms with Crippen molar-refractivity contribution in [2.45, 2.75) is 26.2 Å². The predicted molar refractivity (Wildman–Crippen MR) is 75.7 cm³/mol. The molecule has 1 N–H and O–H groups in total. The highest BCUT2D eigenvalue weighted by atomic mass is 16.5. The number of piperazine rings is 1. The van der Waals surface area contributed by atoms with Crippen molar-refractivity contribution < 1.29 is 4.74 Å². The van der Waals surface area contributed by atoms with Gasteiger partial charge < -0.3 is 15.0 Å². The molecule has 0 amide bonds. The molecule has 106 valence electrons. The SMILES string of the molecule is COc1ncnc(C(C)C)c1CCN1CCNCC1. The molecule has 1 aromatic rings. The van der Waals surface area contributed by atoms with Gasteiger partial charge in [-0.25, -0.2) is 9.97 Å². The van der Waals surface area contributed by atoms with E-state index in [-0.39, 0.29) is 0 Å². The molecule has 1 fully saturated rings. The van der Waals surface area contributed by atoms with E-state index in [1.54, 1.807) is 13.4 Å². The Morgan fingerprint density at radius 1 is 1.32 bits per heavy atom. The van der Waals surface area contributed by atoms with Crippen molar-refractivity contribution in [3.8, 4) is 5.88 Å². The first-order chi connectivity index (χ1) is 9.22. The molecule has 0 saturated carbocycles. The van der Waals surface area contributed by atoms with Gasteiger partial charge in [0.25, 0.3) is 0 Å². The molecule has 5 heteroatoms. The Labute approximate surface area is 115 Å². The number of aromatic nitrogens is 2. The molecule has 2 heterocycles. The molecule has 1 aliphatic heterocycles. The van der Waals surface area contributed by atoms with Gasteiger partial charge in [-0.2, -0.15) is 0 Å². The number of hydrogen-bond acceptors (Lipinski definition) is 5. The Bertz CT molecular complexity index is 402. The summed E-state index contributed by atoms with van der Waals surface area (Å²) in [6.07, 6.45) is 2.56. The summed E-state index contributed by atoms with van der Waals surface area (Å²) in [5.74, 6) is 1.13. The third kappa shape index (κ3) is 3.64. The van der Waals surface area contributed by atoms with Crippen LogP contribution in [-0.4, -0.2) is 54.7 Å².